The number of morpholine rings is 1. The number of aliphatic carboxylic acids is 1. The van der Waals surface area contributed by atoms with Crippen LogP contribution in [-0.2, 0) is 16.6 Å². The summed E-state index contributed by atoms with van der Waals surface area (Å²) in [6, 6.07) is 1.75. The average Bonchev–Trinajstić information content (AvgIpc) is 2.67. The maximum absolute atomic E-state index is 12.3. The van der Waals surface area contributed by atoms with Gasteiger partial charge < -0.3 is 19.3 Å². The van der Waals surface area contributed by atoms with E-state index in [2.05, 4.69) is 15.9 Å². The zero-order chi connectivity index (χ0) is 14.0. The van der Waals surface area contributed by atoms with Gasteiger partial charge in [0.05, 0.1) is 19.1 Å². The van der Waals surface area contributed by atoms with Crippen LogP contribution in [0.25, 0.3) is 0 Å². The first-order valence-electron chi connectivity index (χ1n) is 5.92. The quantitative estimate of drug-likeness (QED) is 0.900. The van der Waals surface area contributed by atoms with Gasteiger partial charge in [-0.3, -0.25) is 9.59 Å². The summed E-state index contributed by atoms with van der Waals surface area (Å²) in [7, 11) is 1.80. The van der Waals surface area contributed by atoms with Crippen molar-refractivity contribution in [3.63, 3.8) is 0 Å². The average molecular weight is 331 g/mol. The third-order valence-corrected chi connectivity index (χ3v) is 3.45. The van der Waals surface area contributed by atoms with E-state index < -0.39 is 12.1 Å². The van der Waals surface area contributed by atoms with Crippen molar-refractivity contribution in [2.75, 3.05) is 19.7 Å². The van der Waals surface area contributed by atoms with Gasteiger partial charge >= 0.3 is 5.97 Å². The SMILES string of the molecule is Cn1cc(Br)cc1C(=O)N1CCOC(CC(=O)O)C1. The molecule has 19 heavy (non-hydrogen) atoms. The van der Waals surface area contributed by atoms with Crippen LogP contribution < -0.4 is 0 Å². The zero-order valence-corrected chi connectivity index (χ0v) is 12.1. The molecule has 7 heteroatoms. The fourth-order valence-corrected chi connectivity index (χ4v) is 2.64. The molecule has 1 aromatic rings. The summed E-state index contributed by atoms with van der Waals surface area (Å²) in [5.41, 5.74) is 0.572. The van der Waals surface area contributed by atoms with Gasteiger partial charge in [-0.1, -0.05) is 0 Å². The smallest absolute Gasteiger partial charge is 0.306 e. The number of carbonyl (C=O) groups is 2. The molecule has 0 spiro atoms. The van der Waals surface area contributed by atoms with Gasteiger partial charge in [0, 0.05) is 30.8 Å². The molecule has 1 saturated heterocycles. The molecule has 1 aliphatic rings. The second-order valence-electron chi connectivity index (χ2n) is 4.50. The summed E-state index contributed by atoms with van der Waals surface area (Å²) < 4.78 is 7.94. The number of carboxylic acid groups (broad SMARTS) is 1. The monoisotopic (exact) mass is 330 g/mol. The minimum atomic E-state index is -0.916. The molecule has 1 unspecified atom stereocenters. The summed E-state index contributed by atoms with van der Waals surface area (Å²) in [6.07, 6.45) is 1.29. The Morgan fingerprint density at radius 2 is 2.32 bits per heavy atom. The summed E-state index contributed by atoms with van der Waals surface area (Å²) in [6.45, 7) is 1.17. The van der Waals surface area contributed by atoms with Crippen LogP contribution in [0.15, 0.2) is 16.7 Å². The molecule has 1 amide bonds. The van der Waals surface area contributed by atoms with Crippen molar-refractivity contribution in [3.8, 4) is 0 Å². The fourth-order valence-electron chi connectivity index (χ4n) is 2.12. The second kappa shape index (κ2) is 5.75. The summed E-state index contributed by atoms with van der Waals surface area (Å²) >= 11 is 3.33. The zero-order valence-electron chi connectivity index (χ0n) is 10.5. The van der Waals surface area contributed by atoms with Crippen molar-refractivity contribution in [1.82, 2.24) is 9.47 Å². The Morgan fingerprint density at radius 1 is 1.58 bits per heavy atom. The van der Waals surface area contributed by atoms with Gasteiger partial charge in [-0.25, -0.2) is 0 Å². The molecule has 2 heterocycles. The Kier molecular flexibility index (Phi) is 4.26. The lowest BCUT2D eigenvalue weighted by atomic mass is 10.2. The lowest BCUT2D eigenvalue weighted by molar-refractivity contribution is -0.141. The molecular weight excluding hydrogens is 316 g/mol. The van der Waals surface area contributed by atoms with E-state index in [0.717, 1.165) is 4.47 Å². The number of amides is 1. The molecule has 2 rings (SSSR count). The van der Waals surface area contributed by atoms with Gasteiger partial charge in [0.1, 0.15) is 5.69 Å². The Balaban J connectivity index is 2.07. The highest BCUT2D eigenvalue weighted by Gasteiger charge is 2.27. The summed E-state index contributed by atoms with van der Waals surface area (Å²) in [4.78, 5) is 24.7. The van der Waals surface area contributed by atoms with Crippen molar-refractivity contribution >= 4 is 27.8 Å². The minimum absolute atomic E-state index is 0.0827. The number of hydrogen-bond acceptors (Lipinski definition) is 3. The highest BCUT2D eigenvalue weighted by molar-refractivity contribution is 9.10. The molecule has 1 N–H and O–H groups in total. The molecule has 1 fully saturated rings. The number of carboxylic acids is 1. The normalized spacial score (nSPS) is 19.5. The van der Waals surface area contributed by atoms with E-state index in [1.165, 1.54) is 0 Å². The van der Waals surface area contributed by atoms with E-state index in [9.17, 15) is 9.59 Å². The van der Waals surface area contributed by atoms with Gasteiger partial charge in [0.15, 0.2) is 0 Å². The van der Waals surface area contributed by atoms with E-state index in [0.29, 0.717) is 25.4 Å². The molecule has 6 nitrogen and oxygen atoms in total. The predicted octanol–water partition coefficient (Wildman–Crippen LogP) is 1.10. The number of hydrogen-bond donors (Lipinski definition) is 1. The standard InChI is InChI=1S/C12H15BrN2O4/c1-14-6-8(13)4-10(14)12(18)15-2-3-19-9(7-15)5-11(16)17/h4,6,9H,2-3,5,7H2,1H3,(H,16,17). The first-order valence-corrected chi connectivity index (χ1v) is 6.71. The van der Waals surface area contributed by atoms with E-state index >= 15 is 0 Å². The highest BCUT2D eigenvalue weighted by atomic mass is 79.9. The van der Waals surface area contributed by atoms with Gasteiger partial charge in [-0.2, -0.15) is 0 Å². The fraction of sp³-hybridized carbons (Fsp3) is 0.500. The Labute approximate surface area is 119 Å². The Hall–Kier alpha value is -1.34. The van der Waals surface area contributed by atoms with Crippen molar-refractivity contribution in [2.45, 2.75) is 12.5 Å². The summed E-state index contributed by atoms with van der Waals surface area (Å²) in [5.74, 6) is -1.02. The van der Waals surface area contributed by atoms with Crippen molar-refractivity contribution in [2.24, 2.45) is 7.05 Å². The first kappa shape index (κ1) is 14.1. The van der Waals surface area contributed by atoms with Gasteiger partial charge in [-0.15, -0.1) is 0 Å². The van der Waals surface area contributed by atoms with Crippen LogP contribution in [0.4, 0.5) is 0 Å². The highest BCUT2D eigenvalue weighted by Crippen LogP contribution is 2.17. The van der Waals surface area contributed by atoms with Crippen LogP contribution in [0.1, 0.15) is 16.9 Å². The maximum Gasteiger partial charge on any atom is 0.306 e. The lowest BCUT2D eigenvalue weighted by Gasteiger charge is -2.32. The second-order valence-corrected chi connectivity index (χ2v) is 5.41. The van der Waals surface area contributed by atoms with E-state index in [-0.39, 0.29) is 12.3 Å². The lowest BCUT2D eigenvalue weighted by Crippen LogP contribution is -2.46. The van der Waals surface area contributed by atoms with Crippen LogP contribution in [0, 0.1) is 0 Å². The number of ether oxygens (including phenoxy) is 1. The topological polar surface area (TPSA) is 71.8 Å². The Morgan fingerprint density at radius 3 is 2.89 bits per heavy atom. The minimum Gasteiger partial charge on any atom is -0.481 e. The molecule has 0 radical (unpaired) electrons. The van der Waals surface area contributed by atoms with Crippen molar-refractivity contribution in [1.29, 1.82) is 0 Å². The molecule has 1 aliphatic heterocycles. The van der Waals surface area contributed by atoms with E-state index in [4.69, 9.17) is 9.84 Å². The van der Waals surface area contributed by atoms with Crippen LogP contribution in [-0.4, -0.2) is 52.3 Å². The van der Waals surface area contributed by atoms with E-state index in [1.807, 2.05) is 6.20 Å². The predicted molar refractivity (Wildman–Crippen MR) is 71.0 cm³/mol. The number of halogens is 1. The van der Waals surface area contributed by atoms with E-state index in [1.54, 1.807) is 22.6 Å². The van der Waals surface area contributed by atoms with Crippen LogP contribution in [0.2, 0.25) is 0 Å². The number of carbonyl (C=O) groups excluding carboxylic acids is 1. The molecule has 104 valence electrons. The van der Waals surface area contributed by atoms with Crippen LogP contribution in [0.3, 0.4) is 0 Å². The molecule has 1 atom stereocenters. The maximum atomic E-state index is 12.3. The first-order chi connectivity index (χ1) is 8.97. The molecule has 0 aromatic carbocycles. The molecule has 0 aliphatic carbocycles. The number of nitrogens with zero attached hydrogens (tertiary/aromatic N) is 2. The summed E-state index contributed by atoms with van der Waals surface area (Å²) in [5, 5.41) is 8.76. The van der Waals surface area contributed by atoms with Crippen LogP contribution in [0.5, 0.6) is 0 Å². The number of aromatic nitrogens is 1. The van der Waals surface area contributed by atoms with Crippen molar-refractivity contribution < 1.29 is 19.4 Å². The number of aryl methyl sites for hydroxylation is 1. The van der Waals surface area contributed by atoms with Crippen LogP contribution >= 0.6 is 15.9 Å². The molecule has 1 aromatic heterocycles. The van der Waals surface area contributed by atoms with Crippen molar-refractivity contribution in [3.05, 3.63) is 22.4 Å². The Bertz CT molecular complexity index is 500. The van der Waals surface area contributed by atoms with Gasteiger partial charge in [0.2, 0.25) is 0 Å². The largest absolute Gasteiger partial charge is 0.481 e. The van der Waals surface area contributed by atoms with Gasteiger partial charge in [-0.05, 0) is 22.0 Å². The molecule has 0 bridgehead atoms. The molecular formula is C12H15BrN2O4. The molecule has 0 saturated carbocycles. The third-order valence-electron chi connectivity index (χ3n) is 3.02. The number of rotatable bonds is 3. The third kappa shape index (κ3) is 3.36. The van der Waals surface area contributed by atoms with Gasteiger partial charge in [0.25, 0.3) is 5.91 Å².